The Morgan fingerprint density at radius 1 is 0.441 bits per heavy atom. The summed E-state index contributed by atoms with van der Waals surface area (Å²) in [5.41, 5.74) is 23.6. The second-order valence-electron chi connectivity index (χ2n) is 10.3. The zero-order valence-electron chi connectivity index (χ0n) is 20.6. The Morgan fingerprint density at radius 3 is 1.06 bits per heavy atom. The van der Waals surface area contributed by atoms with Gasteiger partial charge in [-0.25, -0.2) is 0 Å². The topological polar surface area (TPSA) is 203 Å². The first-order chi connectivity index (χ1) is 16.2. The van der Waals surface area contributed by atoms with Gasteiger partial charge in [0.2, 0.25) is 0 Å². The van der Waals surface area contributed by atoms with Crippen LogP contribution < -0.4 is 22.9 Å². The number of ether oxygens (including phenoxy) is 2. The predicted octanol–water partition coefficient (Wildman–Crippen LogP) is -0.782. The molecule has 10 heteroatoms. The lowest BCUT2D eigenvalue weighted by Crippen LogP contribution is -2.62. The number of aliphatic hydroxyl groups is 4. The fourth-order valence-electron chi connectivity index (χ4n) is 5.08. The smallest absolute Gasteiger partial charge is 0.109 e. The molecule has 0 aromatic heterocycles. The fraction of sp³-hybridized carbons (Fsp3) is 1.00. The maximum Gasteiger partial charge on any atom is 0.109 e. The molecule has 34 heavy (non-hydrogen) atoms. The summed E-state index contributed by atoms with van der Waals surface area (Å²) in [4.78, 5) is 0. The van der Waals surface area contributed by atoms with Gasteiger partial charge in [0, 0.05) is 37.4 Å². The highest BCUT2D eigenvalue weighted by molar-refractivity contribution is 4.98. The summed E-state index contributed by atoms with van der Waals surface area (Å²) >= 11 is 0. The minimum Gasteiger partial charge on any atom is -0.389 e. The lowest BCUT2D eigenvalue weighted by atomic mass is 9.85. The minimum absolute atomic E-state index is 0.344. The van der Waals surface area contributed by atoms with E-state index >= 15 is 0 Å². The summed E-state index contributed by atoms with van der Waals surface area (Å²) in [7, 11) is 0. The number of unbranched alkanes of at least 4 members (excludes halogenated alkanes) is 9. The third-order valence-corrected chi connectivity index (χ3v) is 7.34. The molecule has 2 saturated carbocycles. The molecule has 0 radical (unpaired) electrons. The van der Waals surface area contributed by atoms with Crippen LogP contribution >= 0.6 is 0 Å². The van der Waals surface area contributed by atoms with Gasteiger partial charge in [0.15, 0.2) is 0 Å². The van der Waals surface area contributed by atoms with Crippen LogP contribution in [0.1, 0.15) is 77.0 Å². The lowest BCUT2D eigenvalue weighted by Gasteiger charge is -2.39. The van der Waals surface area contributed by atoms with E-state index < -0.39 is 48.7 Å². The van der Waals surface area contributed by atoms with Gasteiger partial charge < -0.3 is 52.8 Å². The van der Waals surface area contributed by atoms with E-state index in [1.54, 1.807) is 0 Å². The first-order valence-corrected chi connectivity index (χ1v) is 13.2. The van der Waals surface area contributed by atoms with Crippen molar-refractivity contribution in [1.82, 2.24) is 0 Å². The molecule has 0 bridgehead atoms. The molecule has 0 unspecified atom stereocenters. The van der Waals surface area contributed by atoms with Crippen molar-refractivity contribution in [1.29, 1.82) is 0 Å². The maximum absolute atomic E-state index is 10.1. The number of hydrogen-bond donors (Lipinski definition) is 8. The zero-order chi connectivity index (χ0) is 25.1. The molecule has 12 N–H and O–H groups in total. The van der Waals surface area contributed by atoms with Crippen LogP contribution in [0.5, 0.6) is 0 Å². The molecule has 2 fully saturated rings. The van der Waals surface area contributed by atoms with Gasteiger partial charge in [-0.3, -0.25) is 0 Å². The summed E-state index contributed by atoms with van der Waals surface area (Å²) in [5.74, 6) is 0. The van der Waals surface area contributed by atoms with Gasteiger partial charge in [-0.05, 0) is 25.7 Å². The summed E-state index contributed by atoms with van der Waals surface area (Å²) in [6.07, 6.45) is 6.94. The summed E-state index contributed by atoms with van der Waals surface area (Å²) in [6, 6.07) is -1.68. The predicted molar refractivity (Wildman–Crippen MR) is 131 cm³/mol. The van der Waals surface area contributed by atoms with Gasteiger partial charge in [-0.1, -0.05) is 51.4 Å². The summed E-state index contributed by atoms with van der Waals surface area (Å²) < 4.78 is 11.5. The summed E-state index contributed by atoms with van der Waals surface area (Å²) in [5, 5.41) is 40.0. The molecule has 0 spiro atoms. The van der Waals surface area contributed by atoms with Crippen LogP contribution in [0.4, 0.5) is 0 Å². The Morgan fingerprint density at radius 2 is 0.735 bits per heavy atom. The highest BCUT2D eigenvalue weighted by atomic mass is 16.5. The number of hydrogen-bond acceptors (Lipinski definition) is 10. The molecule has 0 heterocycles. The van der Waals surface area contributed by atoms with Crippen LogP contribution in [0.3, 0.4) is 0 Å². The first kappa shape index (κ1) is 29.8. The van der Waals surface area contributed by atoms with Crippen LogP contribution in [-0.4, -0.2) is 94.4 Å². The van der Waals surface area contributed by atoms with Crippen molar-refractivity contribution in [3.63, 3.8) is 0 Å². The molecule has 0 aromatic carbocycles. The van der Waals surface area contributed by atoms with Crippen LogP contribution in [0.15, 0.2) is 0 Å². The van der Waals surface area contributed by atoms with Gasteiger partial charge in [0.05, 0.1) is 12.2 Å². The van der Waals surface area contributed by atoms with Gasteiger partial charge in [0.1, 0.15) is 24.4 Å². The van der Waals surface area contributed by atoms with Crippen molar-refractivity contribution in [3.8, 4) is 0 Å². The second kappa shape index (κ2) is 15.7. The quantitative estimate of drug-likeness (QED) is 0.134. The SMILES string of the molecule is N[C@@H]1C[C@H](N)[C@@H](OCCCCCCCCCCCCO[C@H]2[C@H](O)[C@@H](O)[C@H](N)C[C@@H]2N)[C@H](O)[C@H]1O. The molecule has 2 rings (SSSR count). The molecular formula is C24H50N4O6. The molecular weight excluding hydrogens is 440 g/mol. The fourth-order valence-corrected chi connectivity index (χ4v) is 5.08. The minimum atomic E-state index is -1.02. The average molecular weight is 491 g/mol. The van der Waals surface area contributed by atoms with Crippen molar-refractivity contribution >= 4 is 0 Å². The highest BCUT2D eigenvalue weighted by Crippen LogP contribution is 2.22. The van der Waals surface area contributed by atoms with Gasteiger partial charge in [-0.2, -0.15) is 0 Å². The molecule has 10 nitrogen and oxygen atoms in total. The maximum atomic E-state index is 10.1. The van der Waals surface area contributed by atoms with E-state index in [1.165, 1.54) is 25.7 Å². The van der Waals surface area contributed by atoms with Crippen LogP contribution in [-0.2, 0) is 9.47 Å². The molecule has 2 aliphatic carbocycles. The summed E-state index contributed by atoms with van der Waals surface area (Å²) in [6.45, 7) is 1.07. The van der Waals surface area contributed by atoms with Gasteiger partial charge >= 0.3 is 0 Å². The normalized spacial score (nSPS) is 38.8. The molecule has 202 valence electrons. The Balaban J connectivity index is 1.37. The monoisotopic (exact) mass is 490 g/mol. The van der Waals surface area contributed by atoms with Crippen LogP contribution in [0.2, 0.25) is 0 Å². The molecule has 0 aliphatic heterocycles. The molecule has 2 aliphatic rings. The highest BCUT2D eigenvalue weighted by Gasteiger charge is 2.42. The lowest BCUT2D eigenvalue weighted by molar-refractivity contribution is -0.127. The van der Waals surface area contributed by atoms with Crippen molar-refractivity contribution < 1.29 is 29.9 Å². The van der Waals surface area contributed by atoms with Gasteiger partial charge in [0.25, 0.3) is 0 Å². The van der Waals surface area contributed by atoms with Crippen molar-refractivity contribution in [2.24, 2.45) is 22.9 Å². The zero-order valence-corrected chi connectivity index (χ0v) is 20.6. The average Bonchev–Trinajstić information content (AvgIpc) is 2.80. The Hall–Kier alpha value is -0.400. The Labute approximate surface area is 204 Å². The molecule has 0 saturated heterocycles. The van der Waals surface area contributed by atoms with E-state index in [2.05, 4.69) is 0 Å². The number of nitrogens with two attached hydrogens (primary N) is 4. The van der Waals surface area contributed by atoms with E-state index in [0.717, 1.165) is 38.5 Å². The van der Waals surface area contributed by atoms with Crippen molar-refractivity contribution in [2.75, 3.05) is 13.2 Å². The van der Waals surface area contributed by atoms with Crippen molar-refractivity contribution in [2.45, 2.75) is 138 Å². The Bertz CT molecular complexity index is 502. The van der Waals surface area contributed by atoms with E-state index in [-0.39, 0.29) is 12.1 Å². The van der Waals surface area contributed by atoms with Crippen LogP contribution in [0.25, 0.3) is 0 Å². The van der Waals surface area contributed by atoms with E-state index in [4.69, 9.17) is 32.4 Å². The van der Waals surface area contributed by atoms with E-state index in [1.807, 2.05) is 0 Å². The molecule has 0 aromatic rings. The molecule has 0 amide bonds. The van der Waals surface area contributed by atoms with Crippen molar-refractivity contribution in [3.05, 3.63) is 0 Å². The number of rotatable bonds is 15. The number of aliphatic hydroxyl groups excluding tert-OH is 4. The largest absolute Gasteiger partial charge is 0.389 e. The first-order valence-electron chi connectivity index (χ1n) is 13.2. The van der Waals surface area contributed by atoms with Gasteiger partial charge in [-0.15, -0.1) is 0 Å². The van der Waals surface area contributed by atoms with Crippen LogP contribution in [0, 0.1) is 0 Å². The molecule has 10 atom stereocenters. The van der Waals surface area contributed by atoms with E-state index in [0.29, 0.717) is 26.1 Å². The third kappa shape index (κ3) is 9.24. The standard InChI is InChI=1S/C24H50N4O6/c25-15-13-17(27)23(21(31)19(15)29)33-11-9-7-5-3-1-2-4-6-8-10-12-34-24-18(28)14-16(26)20(30)22(24)32/h15-24,29-32H,1-14,25-28H2/t15-,16-,17+,18+,19+,20+,21-,22-,23-,24-/m1/s1. The second-order valence-corrected chi connectivity index (χ2v) is 10.3. The van der Waals surface area contributed by atoms with E-state index in [9.17, 15) is 20.4 Å². The third-order valence-electron chi connectivity index (χ3n) is 7.34. The Kier molecular flexibility index (Phi) is 13.7.